The molecule has 0 N–H and O–H groups in total. The van der Waals surface area contributed by atoms with Gasteiger partial charge in [0, 0.05) is 5.69 Å². The number of benzene rings is 6. The van der Waals surface area contributed by atoms with Crippen LogP contribution in [0.2, 0.25) is 0 Å². The minimum absolute atomic E-state index is 0.507. The third-order valence-corrected chi connectivity index (χ3v) is 8.30. The van der Waals surface area contributed by atoms with Crippen molar-refractivity contribution < 1.29 is 0 Å². The number of rotatable bonds is 5. The van der Waals surface area contributed by atoms with Crippen molar-refractivity contribution in [1.82, 2.24) is 0 Å². The van der Waals surface area contributed by atoms with Crippen molar-refractivity contribution >= 4 is 29.2 Å². The lowest BCUT2D eigenvalue weighted by molar-refractivity contribution is 0.738. The predicted molar refractivity (Wildman–Crippen MR) is 173 cm³/mol. The van der Waals surface area contributed by atoms with Crippen LogP contribution >= 0.6 is 0 Å². The highest BCUT2D eigenvalue weighted by molar-refractivity contribution is 5.93. The molecule has 0 unspecified atom stereocenters. The van der Waals surface area contributed by atoms with Crippen LogP contribution in [0, 0.1) is 6.92 Å². The Bertz CT molecular complexity index is 1760. The summed E-state index contributed by atoms with van der Waals surface area (Å²) < 4.78 is 0. The first-order chi connectivity index (χ1) is 20.3. The van der Waals surface area contributed by atoms with E-state index in [2.05, 4.69) is 182 Å². The van der Waals surface area contributed by atoms with Crippen LogP contribution < -0.4 is 4.90 Å². The fourth-order valence-electron chi connectivity index (χ4n) is 6.47. The second kappa shape index (κ2) is 10.4. The van der Waals surface area contributed by atoms with Gasteiger partial charge in [-0.25, -0.2) is 0 Å². The van der Waals surface area contributed by atoms with E-state index in [1.807, 2.05) is 0 Å². The second-order valence-corrected chi connectivity index (χ2v) is 10.6. The van der Waals surface area contributed by atoms with Crippen LogP contribution in [0.25, 0.3) is 12.2 Å². The van der Waals surface area contributed by atoms with Crippen molar-refractivity contribution in [3.05, 3.63) is 197 Å². The van der Waals surface area contributed by atoms with Crippen LogP contribution in [0.4, 0.5) is 17.1 Å². The molecule has 0 fully saturated rings. The van der Waals surface area contributed by atoms with Gasteiger partial charge in [0.2, 0.25) is 0 Å². The maximum Gasteiger partial charge on any atom is 0.0704 e. The Balaban J connectivity index is 1.55. The fourth-order valence-corrected chi connectivity index (χ4v) is 6.47. The molecule has 0 saturated heterocycles. The zero-order valence-electron chi connectivity index (χ0n) is 23.1. The Hall–Kier alpha value is -5.14. The summed E-state index contributed by atoms with van der Waals surface area (Å²) in [5.74, 6) is 0. The third-order valence-electron chi connectivity index (χ3n) is 8.30. The molecule has 0 spiro atoms. The lowest BCUT2D eigenvalue weighted by Crippen LogP contribution is -2.32. The van der Waals surface area contributed by atoms with Gasteiger partial charge in [0.25, 0.3) is 0 Å². The molecule has 196 valence electrons. The van der Waals surface area contributed by atoms with E-state index >= 15 is 0 Å². The van der Waals surface area contributed by atoms with Gasteiger partial charge in [-0.1, -0.05) is 146 Å². The normalized spacial score (nSPS) is 12.4. The number of nitrogens with zero attached hydrogens (tertiary/aromatic N) is 1. The van der Waals surface area contributed by atoms with E-state index in [-0.39, 0.29) is 0 Å². The molecule has 1 aliphatic rings. The number of para-hydroxylation sites is 2. The highest BCUT2D eigenvalue weighted by Gasteiger charge is 2.39. The number of anilines is 3. The average Bonchev–Trinajstić information content (AvgIpc) is 3.21. The molecule has 6 aromatic carbocycles. The highest BCUT2D eigenvalue weighted by atomic mass is 15.1. The van der Waals surface area contributed by atoms with Crippen LogP contribution in [-0.2, 0) is 5.41 Å². The van der Waals surface area contributed by atoms with Crippen molar-refractivity contribution in [3.63, 3.8) is 0 Å². The van der Waals surface area contributed by atoms with E-state index in [0.717, 1.165) is 5.69 Å². The van der Waals surface area contributed by atoms with Crippen LogP contribution in [0.3, 0.4) is 0 Å². The average molecular weight is 526 g/mol. The van der Waals surface area contributed by atoms with Gasteiger partial charge >= 0.3 is 0 Å². The number of hydrogen-bond acceptors (Lipinski definition) is 1. The minimum Gasteiger partial charge on any atom is -0.309 e. The van der Waals surface area contributed by atoms with E-state index in [9.17, 15) is 0 Å². The van der Waals surface area contributed by atoms with Crippen molar-refractivity contribution in [1.29, 1.82) is 0 Å². The molecule has 0 bridgehead atoms. The highest BCUT2D eigenvalue weighted by Crippen LogP contribution is 2.48. The second-order valence-electron chi connectivity index (χ2n) is 10.6. The molecule has 0 saturated carbocycles. The monoisotopic (exact) mass is 525 g/mol. The number of aryl methyl sites for hydroxylation is 1. The van der Waals surface area contributed by atoms with Crippen LogP contribution in [0.1, 0.15) is 38.9 Å². The predicted octanol–water partition coefficient (Wildman–Crippen LogP) is 10.3. The molecule has 0 atom stereocenters. The van der Waals surface area contributed by atoms with E-state index in [1.54, 1.807) is 0 Å². The van der Waals surface area contributed by atoms with Crippen LogP contribution in [-0.4, -0.2) is 0 Å². The Labute approximate surface area is 242 Å². The first-order valence-corrected chi connectivity index (χ1v) is 14.2. The van der Waals surface area contributed by atoms with Crippen molar-refractivity contribution in [2.24, 2.45) is 0 Å². The zero-order chi connectivity index (χ0) is 27.6. The van der Waals surface area contributed by atoms with Gasteiger partial charge in [0.1, 0.15) is 0 Å². The number of hydrogen-bond donors (Lipinski definition) is 0. The van der Waals surface area contributed by atoms with Gasteiger partial charge < -0.3 is 4.90 Å². The molecule has 0 aromatic heterocycles. The molecular weight excluding hydrogens is 494 g/mol. The van der Waals surface area contributed by atoms with Crippen molar-refractivity contribution in [2.45, 2.75) is 12.3 Å². The summed E-state index contributed by atoms with van der Waals surface area (Å²) in [5.41, 5.74) is 11.6. The summed E-state index contributed by atoms with van der Waals surface area (Å²) in [6, 6.07) is 57.2. The third kappa shape index (κ3) is 4.18. The molecule has 1 aliphatic heterocycles. The maximum atomic E-state index is 2.41. The first-order valence-electron chi connectivity index (χ1n) is 14.2. The Morgan fingerprint density at radius 1 is 0.439 bits per heavy atom. The van der Waals surface area contributed by atoms with E-state index in [4.69, 9.17) is 0 Å². The number of fused-ring (bicyclic) bond motifs is 2. The SMILES string of the molecule is Cc1ccccc1C(c1ccccc1)(c1ccccc1)c1cccc(N2c3ccccc3C=Cc3ccccc32)c1. The Morgan fingerprint density at radius 2 is 0.927 bits per heavy atom. The Morgan fingerprint density at radius 3 is 1.51 bits per heavy atom. The van der Waals surface area contributed by atoms with Gasteiger partial charge in [-0.2, -0.15) is 0 Å². The van der Waals surface area contributed by atoms with Crippen molar-refractivity contribution in [3.8, 4) is 0 Å². The van der Waals surface area contributed by atoms with Crippen molar-refractivity contribution in [2.75, 3.05) is 4.90 Å². The molecule has 0 radical (unpaired) electrons. The van der Waals surface area contributed by atoms with Gasteiger partial charge in [0.15, 0.2) is 0 Å². The summed E-state index contributed by atoms with van der Waals surface area (Å²) >= 11 is 0. The Kier molecular flexibility index (Phi) is 6.34. The first kappa shape index (κ1) is 24.9. The van der Waals surface area contributed by atoms with Crippen LogP contribution in [0.15, 0.2) is 158 Å². The fraction of sp³-hybridized carbons (Fsp3) is 0.0500. The van der Waals surface area contributed by atoms with Crippen LogP contribution in [0.5, 0.6) is 0 Å². The summed E-state index contributed by atoms with van der Waals surface area (Å²) in [5, 5.41) is 0. The minimum atomic E-state index is -0.507. The molecule has 1 nitrogen and oxygen atoms in total. The maximum absolute atomic E-state index is 2.41. The van der Waals surface area contributed by atoms with Gasteiger partial charge in [-0.05, 0) is 70.1 Å². The van der Waals surface area contributed by atoms with Gasteiger partial charge in [-0.15, -0.1) is 0 Å². The standard InChI is InChI=1S/C40H31N/c1-30-15-8-11-24-37(30)40(33-18-4-2-5-19-33,34-20-6-3-7-21-34)35-22-14-23-36(29-35)41-38-25-12-9-16-31(38)27-28-32-17-10-13-26-39(32)41/h2-29H,1H3. The molecule has 1 heteroatoms. The largest absolute Gasteiger partial charge is 0.309 e. The summed E-state index contributed by atoms with van der Waals surface area (Å²) in [6.45, 7) is 2.23. The van der Waals surface area contributed by atoms with Gasteiger partial charge in [0.05, 0.1) is 16.8 Å². The van der Waals surface area contributed by atoms with E-state index in [1.165, 1.54) is 50.3 Å². The zero-order valence-corrected chi connectivity index (χ0v) is 23.1. The summed E-state index contributed by atoms with van der Waals surface area (Å²) in [6.07, 6.45) is 4.45. The molecular formula is C40H31N. The smallest absolute Gasteiger partial charge is 0.0704 e. The van der Waals surface area contributed by atoms with E-state index in [0.29, 0.717) is 0 Å². The summed E-state index contributed by atoms with van der Waals surface area (Å²) in [4.78, 5) is 2.41. The molecule has 6 aromatic rings. The lowest BCUT2D eigenvalue weighted by Gasteiger charge is -2.38. The summed E-state index contributed by atoms with van der Waals surface area (Å²) in [7, 11) is 0. The molecule has 7 rings (SSSR count). The molecule has 41 heavy (non-hydrogen) atoms. The van der Waals surface area contributed by atoms with E-state index < -0.39 is 5.41 Å². The molecule has 0 aliphatic carbocycles. The molecule has 0 amide bonds. The van der Waals surface area contributed by atoms with Gasteiger partial charge in [-0.3, -0.25) is 0 Å². The molecule has 1 heterocycles. The topological polar surface area (TPSA) is 3.24 Å². The lowest BCUT2D eigenvalue weighted by atomic mass is 9.64. The quantitative estimate of drug-likeness (QED) is 0.202.